The van der Waals surface area contributed by atoms with Gasteiger partial charge in [-0.3, -0.25) is 4.79 Å². The lowest BCUT2D eigenvalue weighted by molar-refractivity contribution is -0.154. The summed E-state index contributed by atoms with van der Waals surface area (Å²) < 4.78 is 16.2. The van der Waals surface area contributed by atoms with Gasteiger partial charge in [0.25, 0.3) is 0 Å². The van der Waals surface area contributed by atoms with Crippen LogP contribution >= 0.6 is 23.4 Å². The molecule has 3 rings (SSSR count). The lowest BCUT2D eigenvalue weighted by Gasteiger charge is -2.25. The topological polar surface area (TPSA) is 69.0 Å². The van der Waals surface area contributed by atoms with Crippen molar-refractivity contribution < 1.29 is 23.5 Å². The molecule has 1 saturated heterocycles. The van der Waals surface area contributed by atoms with Gasteiger partial charge in [0, 0.05) is 17.7 Å². The molecule has 2 aromatic rings. The molecule has 6 nitrogen and oxygen atoms in total. The van der Waals surface area contributed by atoms with Crippen molar-refractivity contribution in [1.29, 1.82) is 0 Å². The molecule has 138 valence electrons. The molecule has 2 heterocycles. The molecule has 8 heteroatoms. The van der Waals surface area contributed by atoms with Crippen LogP contribution in [-0.4, -0.2) is 41.8 Å². The Bertz CT molecular complexity index is 749. The number of thioether (sulfide) groups is 1. The molecule has 1 aromatic carbocycles. The number of carbonyl (C=O) groups excluding carboxylic acids is 2. The average Bonchev–Trinajstić information content (AvgIpc) is 3.29. The monoisotopic (exact) mass is 395 g/mol. The van der Waals surface area contributed by atoms with Crippen molar-refractivity contribution in [3.63, 3.8) is 0 Å². The normalized spacial score (nSPS) is 19.4. The highest BCUT2D eigenvalue weighted by Crippen LogP contribution is 2.41. The van der Waals surface area contributed by atoms with E-state index in [2.05, 4.69) is 0 Å². The number of hydrogen-bond donors (Lipinski definition) is 0. The second kappa shape index (κ2) is 8.51. The van der Waals surface area contributed by atoms with Crippen LogP contribution in [-0.2, 0) is 14.3 Å². The van der Waals surface area contributed by atoms with E-state index in [1.54, 1.807) is 42.7 Å². The Hall–Kier alpha value is -2.12. The van der Waals surface area contributed by atoms with E-state index in [1.807, 2.05) is 0 Å². The molecular formula is C18H18ClNO5S. The van der Waals surface area contributed by atoms with E-state index < -0.39 is 12.0 Å². The lowest BCUT2D eigenvalue weighted by Crippen LogP contribution is -2.43. The van der Waals surface area contributed by atoms with Gasteiger partial charge in [-0.15, -0.1) is 11.8 Å². The third kappa shape index (κ3) is 4.34. The zero-order valence-corrected chi connectivity index (χ0v) is 15.7. The van der Waals surface area contributed by atoms with E-state index in [-0.39, 0.29) is 24.5 Å². The minimum absolute atomic E-state index is 0.0970. The molecule has 1 aliphatic heterocycles. The van der Waals surface area contributed by atoms with Crippen LogP contribution in [0.25, 0.3) is 0 Å². The second-order valence-corrected chi connectivity index (χ2v) is 7.16. The average molecular weight is 396 g/mol. The highest BCUT2D eigenvalue weighted by molar-refractivity contribution is 7.99. The van der Waals surface area contributed by atoms with Crippen LogP contribution in [0.15, 0.2) is 47.1 Å². The molecule has 0 saturated carbocycles. The summed E-state index contributed by atoms with van der Waals surface area (Å²) in [6, 6.07) is 9.83. The van der Waals surface area contributed by atoms with Gasteiger partial charge in [-0.2, -0.15) is 0 Å². The van der Waals surface area contributed by atoms with Gasteiger partial charge in [0.05, 0.1) is 6.26 Å². The molecule has 0 bridgehead atoms. The van der Waals surface area contributed by atoms with E-state index in [0.717, 1.165) is 0 Å². The summed E-state index contributed by atoms with van der Waals surface area (Å²) in [5, 5.41) is 0.309. The number of nitrogens with zero attached hydrogens (tertiary/aromatic N) is 1. The van der Waals surface area contributed by atoms with E-state index in [4.69, 9.17) is 25.5 Å². The number of ether oxygens (including phenoxy) is 2. The molecule has 0 radical (unpaired) electrons. The van der Waals surface area contributed by atoms with E-state index in [1.165, 1.54) is 23.6 Å². The summed E-state index contributed by atoms with van der Waals surface area (Å²) in [7, 11) is 0. The molecular weight excluding hydrogens is 378 g/mol. The molecule has 1 aliphatic rings. The Balaban J connectivity index is 1.52. The van der Waals surface area contributed by atoms with Gasteiger partial charge >= 0.3 is 5.97 Å². The Kier molecular flexibility index (Phi) is 6.11. The van der Waals surface area contributed by atoms with Crippen LogP contribution < -0.4 is 4.74 Å². The zero-order valence-electron chi connectivity index (χ0n) is 14.1. The Morgan fingerprint density at radius 3 is 2.69 bits per heavy atom. The van der Waals surface area contributed by atoms with E-state index >= 15 is 0 Å². The summed E-state index contributed by atoms with van der Waals surface area (Å²) >= 11 is 7.29. The number of benzene rings is 1. The zero-order chi connectivity index (χ0) is 18.5. The minimum Gasteiger partial charge on any atom is -0.490 e. The summed E-state index contributed by atoms with van der Waals surface area (Å²) in [4.78, 5) is 25.9. The number of rotatable bonds is 6. The van der Waals surface area contributed by atoms with Gasteiger partial charge in [0.2, 0.25) is 5.91 Å². The first-order valence-corrected chi connectivity index (χ1v) is 9.48. The van der Waals surface area contributed by atoms with Gasteiger partial charge in [-0.25, -0.2) is 4.79 Å². The fraction of sp³-hybridized carbons (Fsp3) is 0.333. The molecule has 26 heavy (non-hydrogen) atoms. The number of amides is 1. The van der Waals surface area contributed by atoms with Crippen molar-refractivity contribution in [3.05, 3.63) is 53.4 Å². The number of carbonyl (C=O) groups is 2. The third-order valence-corrected chi connectivity index (χ3v) is 5.37. The summed E-state index contributed by atoms with van der Waals surface area (Å²) in [5.41, 5.74) is 0. The predicted octanol–water partition coefficient (Wildman–Crippen LogP) is 3.52. The van der Waals surface area contributed by atoms with Crippen LogP contribution in [0, 0.1) is 0 Å². The molecule has 0 aliphatic carbocycles. The predicted molar refractivity (Wildman–Crippen MR) is 98.1 cm³/mol. The summed E-state index contributed by atoms with van der Waals surface area (Å²) in [5.74, 6) is 1.11. The smallest absolute Gasteiger partial charge is 0.329 e. The number of halogens is 1. The Morgan fingerprint density at radius 1 is 1.27 bits per heavy atom. The van der Waals surface area contributed by atoms with Crippen LogP contribution in [0.2, 0.25) is 5.02 Å². The van der Waals surface area contributed by atoms with Crippen molar-refractivity contribution in [2.24, 2.45) is 0 Å². The quantitative estimate of drug-likeness (QED) is 0.550. The SMILES string of the molecule is CC(=O)N1[C@@H](C(=O)OCCOc2ccc(Cl)cc2)CS[C@@H]1c1ccco1. The van der Waals surface area contributed by atoms with Crippen molar-refractivity contribution in [3.8, 4) is 5.75 Å². The molecule has 1 amide bonds. The minimum atomic E-state index is -0.636. The lowest BCUT2D eigenvalue weighted by atomic mass is 10.2. The first-order chi connectivity index (χ1) is 12.6. The van der Waals surface area contributed by atoms with Crippen LogP contribution in [0.3, 0.4) is 0 Å². The molecule has 1 aromatic heterocycles. The van der Waals surface area contributed by atoms with Crippen LogP contribution in [0.1, 0.15) is 18.1 Å². The van der Waals surface area contributed by atoms with Crippen molar-refractivity contribution in [1.82, 2.24) is 4.90 Å². The highest BCUT2D eigenvalue weighted by Gasteiger charge is 2.43. The maximum atomic E-state index is 12.4. The largest absolute Gasteiger partial charge is 0.490 e. The van der Waals surface area contributed by atoms with Gasteiger partial charge in [0.1, 0.15) is 36.1 Å². The van der Waals surface area contributed by atoms with Gasteiger partial charge in [0.15, 0.2) is 0 Å². The number of furan rings is 1. The standard InChI is InChI=1S/C18H18ClNO5S/c1-12(21)20-15(11-26-17(20)16-3-2-8-24-16)18(22)25-10-9-23-14-6-4-13(19)5-7-14/h2-8,15,17H,9-11H2,1H3/t15-,17-/m1/s1. The molecule has 2 atom stereocenters. The van der Waals surface area contributed by atoms with Crippen LogP contribution in [0.4, 0.5) is 0 Å². The van der Waals surface area contributed by atoms with Crippen molar-refractivity contribution in [2.45, 2.75) is 18.3 Å². The molecule has 1 fully saturated rings. The summed E-state index contributed by atoms with van der Waals surface area (Å²) in [6.45, 7) is 1.75. The Labute approximate surface area is 160 Å². The number of hydrogen-bond acceptors (Lipinski definition) is 6. The maximum absolute atomic E-state index is 12.4. The second-order valence-electron chi connectivity index (χ2n) is 5.61. The van der Waals surface area contributed by atoms with Gasteiger partial charge in [-0.1, -0.05) is 11.6 Å². The fourth-order valence-corrected chi connectivity index (χ4v) is 4.19. The van der Waals surface area contributed by atoms with Gasteiger partial charge < -0.3 is 18.8 Å². The fourth-order valence-electron chi connectivity index (χ4n) is 2.65. The molecule has 0 N–H and O–H groups in total. The van der Waals surface area contributed by atoms with Crippen LogP contribution in [0.5, 0.6) is 5.75 Å². The first kappa shape index (κ1) is 18.7. The molecule has 0 unspecified atom stereocenters. The van der Waals surface area contributed by atoms with E-state index in [9.17, 15) is 9.59 Å². The Morgan fingerprint density at radius 2 is 2.04 bits per heavy atom. The molecule has 0 spiro atoms. The first-order valence-electron chi connectivity index (χ1n) is 8.05. The number of esters is 1. The van der Waals surface area contributed by atoms with Crippen molar-refractivity contribution >= 4 is 35.2 Å². The van der Waals surface area contributed by atoms with Gasteiger partial charge in [-0.05, 0) is 36.4 Å². The van der Waals surface area contributed by atoms with E-state index in [0.29, 0.717) is 22.3 Å². The van der Waals surface area contributed by atoms with Crippen molar-refractivity contribution in [2.75, 3.05) is 19.0 Å². The summed E-state index contributed by atoms with van der Waals surface area (Å²) in [6.07, 6.45) is 1.55. The maximum Gasteiger partial charge on any atom is 0.329 e. The third-order valence-electron chi connectivity index (χ3n) is 3.83. The highest BCUT2D eigenvalue weighted by atomic mass is 35.5.